The van der Waals surface area contributed by atoms with Gasteiger partial charge in [-0.2, -0.15) is 0 Å². The van der Waals surface area contributed by atoms with Crippen LogP contribution in [0, 0.1) is 23.2 Å². The Morgan fingerprint density at radius 3 is 1.95 bits per heavy atom. The van der Waals surface area contributed by atoms with Gasteiger partial charge in [0.05, 0.1) is 0 Å². The lowest BCUT2D eigenvalue weighted by Gasteiger charge is -2.50. The van der Waals surface area contributed by atoms with Crippen molar-refractivity contribution in [2.75, 3.05) is 0 Å². The Labute approximate surface area is 125 Å². The fourth-order valence-corrected chi connectivity index (χ4v) is 7.11. The lowest BCUT2D eigenvalue weighted by atomic mass is 9.59. The Morgan fingerprint density at radius 2 is 1.60 bits per heavy atom. The zero-order valence-electron chi connectivity index (χ0n) is 13.7. The molecule has 0 aromatic rings. The molecular weight excluding hydrogens is 267 g/mol. The van der Waals surface area contributed by atoms with Crippen LogP contribution in [0.2, 0.25) is 0 Å². The summed E-state index contributed by atoms with van der Waals surface area (Å²) in [5.41, 5.74) is 0.134. The molecule has 0 aliphatic heterocycles. The van der Waals surface area contributed by atoms with Crippen molar-refractivity contribution in [3.05, 3.63) is 0 Å². The molecule has 0 radical (unpaired) electrons. The number of rotatable bonds is 5. The fourth-order valence-electron chi connectivity index (χ4n) is 5.44. The molecule has 3 heteroatoms. The van der Waals surface area contributed by atoms with E-state index in [0.717, 1.165) is 38.5 Å². The second-order valence-corrected chi connectivity index (χ2v) is 9.79. The maximum atomic E-state index is 12.3. The zero-order chi connectivity index (χ0) is 15.0. The van der Waals surface area contributed by atoms with E-state index in [1.54, 1.807) is 0 Å². The summed E-state index contributed by atoms with van der Waals surface area (Å²) < 4.78 is 12.3. The minimum atomic E-state index is -2.33. The van der Waals surface area contributed by atoms with Crippen LogP contribution in [-0.2, 0) is 4.57 Å². The molecular formula is C17H31O2P. The van der Waals surface area contributed by atoms with E-state index in [9.17, 15) is 9.46 Å². The molecule has 2 fully saturated rings. The van der Waals surface area contributed by atoms with E-state index in [-0.39, 0.29) is 10.6 Å². The standard InChI is InChI=1S/C17H31O2P/c1-13(2)11-16(3,4)12-17(20(18)19)14-7-5-8-15(17)10-6-9-14/h13-15H,5-12H2,1-4H3. The molecule has 0 heterocycles. The van der Waals surface area contributed by atoms with Crippen LogP contribution in [0.5, 0.6) is 0 Å². The van der Waals surface area contributed by atoms with Gasteiger partial charge in [0.1, 0.15) is 0 Å². The normalized spacial score (nSPS) is 35.2. The van der Waals surface area contributed by atoms with E-state index < -0.39 is 8.03 Å². The van der Waals surface area contributed by atoms with Crippen molar-refractivity contribution in [1.29, 1.82) is 0 Å². The van der Waals surface area contributed by atoms with E-state index in [1.807, 2.05) is 0 Å². The quantitative estimate of drug-likeness (QED) is 0.678. The first-order chi connectivity index (χ1) is 9.28. The monoisotopic (exact) mass is 298 g/mol. The highest BCUT2D eigenvalue weighted by atomic mass is 31.1. The second kappa shape index (κ2) is 6.05. The lowest BCUT2D eigenvalue weighted by molar-refractivity contribution is -0.177. The third-order valence-electron chi connectivity index (χ3n) is 5.69. The topological polar surface area (TPSA) is 40.1 Å². The Bertz CT molecular complexity index is 340. The predicted molar refractivity (Wildman–Crippen MR) is 82.9 cm³/mol. The molecule has 2 nitrogen and oxygen atoms in total. The number of fused-ring (bicyclic) bond motifs is 2. The maximum Gasteiger partial charge on any atom is 0.315 e. The maximum absolute atomic E-state index is 12.3. The minimum absolute atomic E-state index is 0.134. The van der Waals surface area contributed by atoms with Gasteiger partial charge in [-0.1, -0.05) is 45.1 Å². The first kappa shape index (κ1) is 16.4. The highest BCUT2D eigenvalue weighted by molar-refractivity contribution is 7.38. The minimum Gasteiger partial charge on any atom is -0.595 e. The zero-order valence-corrected chi connectivity index (χ0v) is 14.5. The molecule has 2 aliphatic rings. The molecule has 20 heavy (non-hydrogen) atoms. The van der Waals surface area contributed by atoms with E-state index in [0.29, 0.717) is 17.8 Å². The van der Waals surface area contributed by atoms with Crippen molar-refractivity contribution in [1.82, 2.24) is 0 Å². The molecule has 116 valence electrons. The Kier molecular flexibility index (Phi) is 4.97. The molecule has 0 spiro atoms. The Hall–Kier alpha value is 0.0600. The van der Waals surface area contributed by atoms with Crippen LogP contribution in [0.1, 0.15) is 79.1 Å². The van der Waals surface area contributed by atoms with Crippen LogP contribution < -0.4 is 4.89 Å². The summed E-state index contributed by atoms with van der Waals surface area (Å²) in [7, 11) is -2.33. The molecule has 0 N–H and O–H groups in total. The summed E-state index contributed by atoms with van der Waals surface area (Å²) >= 11 is 0. The van der Waals surface area contributed by atoms with Gasteiger partial charge in [0.2, 0.25) is 0 Å². The molecule has 2 aliphatic carbocycles. The summed E-state index contributed by atoms with van der Waals surface area (Å²) in [5.74, 6) is 1.50. The van der Waals surface area contributed by atoms with Gasteiger partial charge >= 0.3 is 8.03 Å². The van der Waals surface area contributed by atoms with Gasteiger partial charge < -0.3 is 4.89 Å². The molecule has 0 amide bonds. The van der Waals surface area contributed by atoms with Crippen molar-refractivity contribution in [3.8, 4) is 0 Å². The van der Waals surface area contributed by atoms with Crippen LogP contribution in [0.3, 0.4) is 0 Å². The van der Waals surface area contributed by atoms with Crippen molar-refractivity contribution < 1.29 is 9.46 Å². The van der Waals surface area contributed by atoms with Crippen LogP contribution in [0.25, 0.3) is 0 Å². The summed E-state index contributed by atoms with van der Waals surface area (Å²) in [6.07, 6.45) is 9.03. The Balaban J connectivity index is 2.28. The summed E-state index contributed by atoms with van der Waals surface area (Å²) in [5, 5.41) is -0.385. The fraction of sp³-hybridized carbons (Fsp3) is 1.00. The van der Waals surface area contributed by atoms with E-state index in [1.165, 1.54) is 12.8 Å². The first-order valence-electron chi connectivity index (χ1n) is 8.42. The molecule has 2 rings (SSSR count). The van der Waals surface area contributed by atoms with Gasteiger partial charge in [-0.05, 0) is 43.4 Å². The summed E-state index contributed by atoms with van der Waals surface area (Å²) in [4.78, 5) is 12.3. The number of hydrogen-bond acceptors (Lipinski definition) is 2. The highest BCUT2D eigenvalue weighted by Gasteiger charge is 2.60. The Morgan fingerprint density at radius 1 is 1.15 bits per heavy atom. The third kappa shape index (κ3) is 3.12. The van der Waals surface area contributed by atoms with Crippen molar-refractivity contribution in [2.24, 2.45) is 23.2 Å². The average Bonchev–Trinajstić information content (AvgIpc) is 2.25. The molecule has 0 saturated heterocycles. The number of hydrogen-bond donors (Lipinski definition) is 0. The molecule has 1 unspecified atom stereocenters. The molecule has 2 saturated carbocycles. The van der Waals surface area contributed by atoms with Gasteiger partial charge in [0.25, 0.3) is 0 Å². The smallest absolute Gasteiger partial charge is 0.315 e. The lowest BCUT2D eigenvalue weighted by Crippen LogP contribution is -2.51. The van der Waals surface area contributed by atoms with Crippen molar-refractivity contribution in [3.63, 3.8) is 0 Å². The molecule has 2 bridgehead atoms. The first-order valence-corrected chi connectivity index (χ1v) is 9.60. The molecule has 1 atom stereocenters. The third-order valence-corrected chi connectivity index (χ3v) is 7.25. The van der Waals surface area contributed by atoms with E-state index in [4.69, 9.17) is 0 Å². The molecule has 0 aromatic carbocycles. The predicted octanol–water partition coefficient (Wildman–Crippen LogP) is 4.89. The highest BCUT2D eigenvalue weighted by Crippen LogP contribution is 2.62. The average molecular weight is 298 g/mol. The second-order valence-electron chi connectivity index (χ2n) is 8.44. The van der Waals surface area contributed by atoms with Crippen molar-refractivity contribution in [2.45, 2.75) is 84.2 Å². The van der Waals surface area contributed by atoms with Crippen LogP contribution in [0.4, 0.5) is 0 Å². The molecule has 0 aromatic heterocycles. The van der Waals surface area contributed by atoms with E-state index >= 15 is 0 Å². The summed E-state index contributed by atoms with van der Waals surface area (Å²) in [6.45, 7) is 9.04. The van der Waals surface area contributed by atoms with Gasteiger partial charge in [0, 0.05) is 18.3 Å². The summed E-state index contributed by atoms with van der Waals surface area (Å²) in [6, 6.07) is 0. The van der Waals surface area contributed by atoms with Crippen LogP contribution in [-0.4, -0.2) is 5.16 Å². The van der Waals surface area contributed by atoms with Crippen LogP contribution in [0.15, 0.2) is 0 Å². The van der Waals surface area contributed by atoms with Gasteiger partial charge in [-0.25, -0.2) is 0 Å². The van der Waals surface area contributed by atoms with Gasteiger partial charge in [-0.15, -0.1) is 0 Å². The van der Waals surface area contributed by atoms with E-state index in [2.05, 4.69) is 27.7 Å². The van der Waals surface area contributed by atoms with Crippen molar-refractivity contribution >= 4 is 8.03 Å². The van der Waals surface area contributed by atoms with Crippen LogP contribution >= 0.6 is 8.03 Å². The SMILES string of the molecule is CC(C)CC(C)(C)CC1([P+](=O)[O-])C2CCCC1CCC2. The van der Waals surface area contributed by atoms with Gasteiger partial charge in [-0.3, -0.25) is 0 Å². The van der Waals surface area contributed by atoms with Gasteiger partial charge in [0.15, 0.2) is 5.16 Å². The largest absolute Gasteiger partial charge is 0.595 e.